The summed E-state index contributed by atoms with van der Waals surface area (Å²) in [6.45, 7) is 4.11. The van der Waals surface area contributed by atoms with Gasteiger partial charge in [0.2, 0.25) is 0 Å². The zero-order valence-electron chi connectivity index (χ0n) is 10.4. The van der Waals surface area contributed by atoms with Crippen LogP contribution in [0.3, 0.4) is 0 Å². The van der Waals surface area contributed by atoms with Crippen LogP contribution in [0.25, 0.3) is 0 Å². The van der Waals surface area contributed by atoms with E-state index in [2.05, 4.69) is 0 Å². The Hall–Kier alpha value is -1.06. The highest BCUT2D eigenvalue weighted by atomic mass is 35.5. The minimum absolute atomic E-state index is 0.0261. The molecule has 1 atom stereocenters. The molecule has 0 aliphatic carbocycles. The van der Waals surface area contributed by atoms with E-state index in [1.54, 1.807) is 18.2 Å². The van der Waals surface area contributed by atoms with Crippen molar-refractivity contribution < 1.29 is 9.53 Å². The number of hydrogen-bond acceptors (Lipinski definition) is 3. The van der Waals surface area contributed by atoms with E-state index in [1.807, 2.05) is 13.8 Å². The zero-order chi connectivity index (χ0) is 13.1. The van der Waals surface area contributed by atoms with Crippen LogP contribution in [-0.2, 0) is 0 Å². The second-order valence-electron chi connectivity index (χ2n) is 4.29. The summed E-state index contributed by atoms with van der Waals surface area (Å²) < 4.78 is 5.19. The number of ketones is 1. The second-order valence-corrected chi connectivity index (χ2v) is 4.73. The summed E-state index contributed by atoms with van der Waals surface area (Å²) in [5.41, 5.74) is 5.61. The molecule has 1 aromatic rings. The lowest BCUT2D eigenvalue weighted by Crippen LogP contribution is -2.35. The highest BCUT2D eigenvalue weighted by Gasteiger charge is 2.32. The molecule has 0 saturated carbocycles. The van der Waals surface area contributed by atoms with Gasteiger partial charge in [0.05, 0.1) is 12.7 Å². The Labute approximate surface area is 107 Å². The number of hydrogen-bond donors (Lipinski definition) is 1. The fourth-order valence-corrected chi connectivity index (χ4v) is 1.75. The summed E-state index contributed by atoms with van der Waals surface area (Å²) in [4.78, 5) is 12.4. The van der Waals surface area contributed by atoms with Crippen LogP contribution in [0.5, 0.6) is 5.75 Å². The van der Waals surface area contributed by atoms with Crippen molar-refractivity contribution >= 4 is 17.4 Å². The Morgan fingerprint density at radius 2 is 2.18 bits per heavy atom. The number of benzene rings is 1. The normalized spacial score (nSPS) is 14.2. The van der Waals surface area contributed by atoms with E-state index in [1.165, 1.54) is 7.11 Å². The third-order valence-electron chi connectivity index (χ3n) is 3.19. The lowest BCUT2D eigenvalue weighted by molar-refractivity contribution is 0.0817. The molecule has 0 spiro atoms. The van der Waals surface area contributed by atoms with Crippen LogP contribution in [0.1, 0.15) is 30.6 Å². The highest BCUT2D eigenvalue weighted by molar-refractivity contribution is 6.31. The van der Waals surface area contributed by atoms with Gasteiger partial charge in [-0.15, -0.1) is 0 Å². The molecule has 4 heteroatoms. The first-order valence-corrected chi connectivity index (χ1v) is 5.94. The Kier molecular flexibility index (Phi) is 4.54. The fraction of sp³-hybridized carbons (Fsp3) is 0.462. The van der Waals surface area contributed by atoms with E-state index in [9.17, 15) is 4.79 Å². The molecule has 1 unspecified atom stereocenters. The van der Waals surface area contributed by atoms with Gasteiger partial charge in [-0.05, 0) is 24.6 Å². The lowest BCUT2D eigenvalue weighted by Gasteiger charge is -2.25. The Morgan fingerprint density at radius 3 is 2.65 bits per heavy atom. The van der Waals surface area contributed by atoms with E-state index < -0.39 is 5.41 Å². The van der Waals surface area contributed by atoms with Crippen LogP contribution < -0.4 is 10.5 Å². The average molecular weight is 256 g/mol. The zero-order valence-corrected chi connectivity index (χ0v) is 11.2. The van der Waals surface area contributed by atoms with Gasteiger partial charge in [-0.1, -0.05) is 25.4 Å². The smallest absolute Gasteiger partial charge is 0.173 e. The average Bonchev–Trinajstić information content (AvgIpc) is 2.36. The predicted octanol–water partition coefficient (Wildman–Crippen LogP) is 2.91. The first kappa shape index (κ1) is 14.0. The third kappa shape index (κ3) is 2.79. The number of nitrogens with two attached hydrogens (primary N) is 1. The summed E-state index contributed by atoms with van der Waals surface area (Å²) >= 11 is 5.92. The third-order valence-corrected chi connectivity index (χ3v) is 3.42. The van der Waals surface area contributed by atoms with E-state index in [-0.39, 0.29) is 5.78 Å². The largest absolute Gasteiger partial charge is 0.496 e. The maximum Gasteiger partial charge on any atom is 0.173 e. The molecule has 0 aliphatic rings. The van der Waals surface area contributed by atoms with Crippen molar-refractivity contribution in [2.45, 2.75) is 20.3 Å². The molecule has 0 fully saturated rings. The van der Waals surface area contributed by atoms with Crippen molar-refractivity contribution in [2.24, 2.45) is 11.1 Å². The molecule has 2 N–H and O–H groups in total. The quantitative estimate of drug-likeness (QED) is 0.823. The Balaban J connectivity index is 3.23. The minimum atomic E-state index is -0.571. The number of methoxy groups -OCH3 is 1. The van der Waals surface area contributed by atoms with E-state index in [0.717, 1.165) is 0 Å². The molecule has 94 valence electrons. The summed E-state index contributed by atoms with van der Waals surface area (Å²) in [6, 6.07) is 5.03. The van der Waals surface area contributed by atoms with Crippen molar-refractivity contribution in [3.05, 3.63) is 28.8 Å². The van der Waals surface area contributed by atoms with Crippen LogP contribution in [0.2, 0.25) is 5.02 Å². The molecule has 3 nitrogen and oxygen atoms in total. The van der Waals surface area contributed by atoms with Crippen LogP contribution in [0, 0.1) is 5.41 Å². The van der Waals surface area contributed by atoms with E-state index in [0.29, 0.717) is 29.3 Å². The van der Waals surface area contributed by atoms with Crippen LogP contribution in [0.4, 0.5) is 0 Å². The Bertz CT molecular complexity index is 414. The van der Waals surface area contributed by atoms with Gasteiger partial charge < -0.3 is 10.5 Å². The van der Waals surface area contributed by atoms with Gasteiger partial charge in [0.1, 0.15) is 5.75 Å². The van der Waals surface area contributed by atoms with Gasteiger partial charge in [-0.25, -0.2) is 0 Å². The SMILES string of the molecule is CCC(C)(CN)C(=O)c1cc(Cl)ccc1OC. The minimum Gasteiger partial charge on any atom is -0.496 e. The highest BCUT2D eigenvalue weighted by Crippen LogP contribution is 2.31. The Morgan fingerprint density at radius 1 is 1.53 bits per heavy atom. The first-order chi connectivity index (χ1) is 7.98. The van der Waals surface area contributed by atoms with Crippen molar-refractivity contribution in [1.29, 1.82) is 0 Å². The molecule has 0 heterocycles. The van der Waals surface area contributed by atoms with Crippen molar-refractivity contribution in [2.75, 3.05) is 13.7 Å². The van der Waals surface area contributed by atoms with Gasteiger partial charge in [0.15, 0.2) is 5.78 Å². The molecule has 0 amide bonds. The maximum absolute atomic E-state index is 12.4. The number of ether oxygens (including phenoxy) is 1. The first-order valence-electron chi connectivity index (χ1n) is 5.57. The number of carbonyl (C=O) groups excluding carboxylic acids is 1. The standard InChI is InChI=1S/C13H18ClNO2/c1-4-13(2,8-15)12(16)10-7-9(14)5-6-11(10)17-3/h5-7H,4,8,15H2,1-3H3. The molecule has 0 aromatic heterocycles. The second kappa shape index (κ2) is 5.52. The number of carbonyl (C=O) groups is 1. The molecule has 1 aromatic carbocycles. The monoisotopic (exact) mass is 255 g/mol. The van der Waals surface area contributed by atoms with Gasteiger partial charge in [0, 0.05) is 17.0 Å². The van der Waals surface area contributed by atoms with Gasteiger partial charge >= 0.3 is 0 Å². The summed E-state index contributed by atoms with van der Waals surface area (Å²) in [6.07, 6.45) is 0.679. The summed E-state index contributed by atoms with van der Waals surface area (Å²) in [5.74, 6) is 0.509. The number of halogens is 1. The van der Waals surface area contributed by atoms with Crippen LogP contribution in [-0.4, -0.2) is 19.4 Å². The van der Waals surface area contributed by atoms with Gasteiger partial charge in [-0.2, -0.15) is 0 Å². The molecular weight excluding hydrogens is 238 g/mol. The van der Waals surface area contributed by atoms with E-state index >= 15 is 0 Å². The topological polar surface area (TPSA) is 52.3 Å². The van der Waals surface area contributed by atoms with Crippen molar-refractivity contribution in [3.63, 3.8) is 0 Å². The molecule has 0 radical (unpaired) electrons. The molecule has 1 rings (SSSR count). The molecule has 0 bridgehead atoms. The molecule has 17 heavy (non-hydrogen) atoms. The van der Waals surface area contributed by atoms with Gasteiger partial charge in [-0.3, -0.25) is 4.79 Å². The molecular formula is C13H18ClNO2. The van der Waals surface area contributed by atoms with Crippen molar-refractivity contribution in [3.8, 4) is 5.75 Å². The number of rotatable bonds is 5. The van der Waals surface area contributed by atoms with Gasteiger partial charge in [0.25, 0.3) is 0 Å². The fourth-order valence-electron chi connectivity index (χ4n) is 1.58. The lowest BCUT2D eigenvalue weighted by atomic mass is 9.80. The molecule has 0 saturated heterocycles. The summed E-state index contributed by atoms with van der Waals surface area (Å²) in [5, 5.41) is 0.518. The predicted molar refractivity (Wildman–Crippen MR) is 69.8 cm³/mol. The summed E-state index contributed by atoms with van der Waals surface area (Å²) in [7, 11) is 1.53. The number of Topliss-reactive ketones (excluding diaryl/α,β-unsaturated/α-hetero) is 1. The maximum atomic E-state index is 12.4. The molecule has 0 aliphatic heterocycles. The van der Waals surface area contributed by atoms with E-state index in [4.69, 9.17) is 22.1 Å². The van der Waals surface area contributed by atoms with Crippen LogP contribution >= 0.6 is 11.6 Å². The van der Waals surface area contributed by atoms with Crippen molar-refractivity contribution in [1.82, 2.24) is 0 Å². The van der Waals surface area contributed by atoms with Crippen LogP contribution in [0.15, 0.2) is 18.2 Å².